The van der Waals surface area contributed by atoms with Crippen molar-refractivity contribution in [3.8, 4) is 17.0 Å². The zero-order chi connectivity index (χ0) is 19.1. The first-order valence-corrected chi connectivity index (χ1v) is 8.53. The summed E-state index contributed by atoms with van der Waals surface area (Å²) in [4.78, 5) is 16.7. The van der Waals surface area contributed by atoms with Crippen LogP contribution in [-0.2, 0) is 11.3 Å². The second-order valence-corrected chi connectivity index (χ2v) is 5.79. The van der Waals surface area contributed by atoms with Crippen LogP contribution in [0.2, 0.25) is 0 Å². The Labute approximate surface area is 157 Å². The summed E-state index contributed by atoms with van der Waals surface area (Å²) in [5, 5.41) is 5.59. The second-order valence-electron chi connectivity index (χ2n) is 5.79. The second kappa shape index (κ2) is 8.86. The SMILES string of the molecule is COCCn1c(-c2cccc(OC)c2)cnc1NC(=O)Nc1ccccc1. The number of amides is 2. The van der Waals surface area contributed by atoms with Crippen molar-refractivity contribution in [3.63, 3.8) is 0 Å². The molecule has 3 aromatic rings. The third kappa shape index (κ3) is 4.65. The van der Waals surface area contributed by atoms with E-state index in [0.29, 0.717) is 24.8 Å². The molecule has 0 atom stereocenters. The standard InChI is InChI=1S/C20H22N4O3/c1-26-12-11-24-18(15-7-6-10-17(13-15)27-2)14-21-19(24)23-20(25)22-16-8-4-3-5-9-16/h3-10,13-14H,11-12H2,1-2H3,(H2,21,22,23,25). The molecule has 3 rings (SSSR count). The minimum Gasteiger partial charge on any atom is -0.497 e. The highest BCUT2D eigenvalue weighted by molar-refractivity contribution is 5.98. The van der Waals surface area contributed by atoms with Gasteiger partial charge in [-0.1, -0.05) is 30.3 Å². The average Bonchev–Trinajstić information content (AvgIpc) is 3.09. The minimum atomic E-state index is -0.359. The minimum absolute atomic E-state index is 0.359. The Hall–Kier alpha value is -3.32. The zero-order valence-electron chi connectivity index (χ0n) is 15.3. The molecule has 0 aliphatic carbocycles. The van der Waals surface area contributed by atoms with E-state index in [4.69, 9.17) is 9.47 Å². The number of imidazole rings is 1. The summed E-state index contributed by atoms with van der Waals surface area (Å²) in [7, 11) is 3.26. The molecule has 0 aliphatic heterocycles. The van der Waals surface area contributed by atoms with Gasteiger partial charge in [0.15, 0.2) is 0 Å². The lowest BCUT2D eigenvalue weighted by molar-refractivity contribution is 0.188. The molecule has 140 valence electrons. The van der Waals surface area contributed by atoms with Crippen LogP contribution in [0.4, 0.5) is 16.4 Å². The average molecular weight is 366 g/mol. The van der Waals surface area contributed by atoms with Gasteiger partial charge in [-0.05, 0) is 24.3 Å². The molecule has 0 saturated carbocycles. The van der Waals surface area contributed by atoms with Gasteiger partial charge in [0.05, 0.1) is 25.6 Å². The Morgan fingerprint density at radius 3 is 2.63 bits per heavy atom. The van der Waals surface area contributed by atoms with Crippen molar-refractivity contribution < 1.29 is 14.3 Å². The number of carbonyl (C=O) groups excluding carboxylic acids is 1. The van der Waals surface area contributed by atoms with Gasteiger partial charge in [-0.15, -0.1) is 0 Å². The predicted molar refractivity (Wildman–Crippen MR) is 105 cm³/mol. The van der Waals surface area contributed by atoms with E-state index < -0.39 is 0 Å². The molecule has 0 aliphatic rings. The largest absolute Gasteiger partial charge is 0.497 e. The normalized spacial score (nSPS) is 10.4. The van der Waals surface area contributed by atoms with E-state index in [-0.39, 0.29) is 6.03 Å². The number of methoxy groups -OCH3 is 2. The van der Waals surface area contributed by atoms with E-state index in [1.165, 1.54) is 0 Å². The molecule has 0 bridgehead atoms. The highest BCUT2D eigenvalue weighted by atomic mass is 16.5. The Kier molecular flexibility index (Phi) is 6.06. The highest BCUT2D eigenvalue weighted by Gasteiger charge is 2.14. The van der Waals surface area contributed by atoms with Gasteiger partial charge in [0, 0.05) is 24.9 Å². The summed E-state index contributed by atoms with van der Waals surface area (Å²) in [6.45, 7) is 1.03. The number of rotatable bonds is 7. The molecule has 0 saturated heterocycles. The number of nitrogens with zero attached hydrogens (tertiary/aromatic N) is 2. The van der Waals surface area contributed by atoms with Crippen LogP contribution in [0.25, 0.3) is 11.3 Å². The van der Waals surface area contributed by atoms with Crippen LogP contribution < -0.4 is 15.4 Å². The molecule has 0 fully saturated rings. The molecule has 1 heterocycles. The lowest BCUT2D eigenvalue weighted by atomic mass is 10.1. The summed E-state index contributed by atoms with van der Waals surface area (Å²) in [5.41, 5.74) is 2.51. The van der Waals surface area contributed by atoms with E-state index in [1.807, 2.05) is 59.2 Å². The zero-order valence-corrected chi connectivity index (χ0v) is 15.3. The fourth-order valence-electron chi connectivity index (χ4n) is 2.68. The lowest BCUT2D eigenvalue weighted by Gasteiger charge is -2.13. The predicted octanol–water partition coefficient (Wildman–Crippen LogP) is 3.85. The van der Waals surface area contributed by atoms with Crippen LogP contribution in [0, 0.1) is 0 Å². The van der Waals surface area contributed by atoms with Gasteiger partial charge in [-0.25, -0.2) is 9.78 Å². The Bertz CT molecular complexity index is 893. The maximum atomic E-state index is 12.3. The first-order valence-electron chi connectivity index (χ1n) is 8.53. The van der Waals surface area contributed by atoms with Gasteiger partial charge >= 0.3 is 6.03 Å². The van der Waals surface area contributed by atoms with Crippen molar-refractivity contribution in [2.45, 2.75) is 6.54 Å². The molecule has 0 spiro atoms. The summed E-state index contributed by atoms with van der Waals surface area (Å²) in [5.74, 6) is 1.20. The van der Waals surface area contributed by atoms with Gasteiger partial charge in [-0.3, -0.25) is 5.32 Å². The Morgan fingerprint density at radius 2 is 1.89 bits per heavy atom. The molecule has 2 N–H and O–H groups in total. The van der Waals surface area contributed by atoms with E-state index in [0.717, 1.165) is 17.0 Å². The van der Waals surface area contributed by atoms with E-state index in [1.54, 1.807) is 20.4 Å². The van der Waals surface area contributed by atoms with Crippen LogP contribution >= 0.6 is 0 Å². The fourth-order valence-corrected chi connectivity index (χ4v) is 2.68. The topological polar surface area (TPSA) is 77.4 Å². The van der Waals surface area contributed by atoms with Crippen molar-refractivity contribution in [3.05, 3.63) is 60.8 Å². The van der Waals surface area contributed by atoms with Crippen LogP contribution in [0.1, 0.15) is 0 Å². The molecule has 27 heavy (non-hydrogen) atoms. The summed E-state index contributed by atoms with van der Waals surface area (Å²) in [6.07, 6.45) is 1.72. The quantitative estimate of drug-likeness (QED) is 0.666. The van der Waals surface area contributed by atoms with E-state index in [9.17, 15) is 4.79 Å². The third-order valence-electron chi connectivity index (χ3n) is 4.00. The summed E-state index contributed by atoms with van der Waals surface area (Å²) >= 11 is 0. The van der Waals surface area contributed by atoms with Crippen LogP contribution in [0.3, 0.4) is 0 Å². The molecule has 7 nitrogen and oxygen atoms in total. The van der Waals surface area contributed by atoms with E-state index in [2.05, 4.69) is 15.6 Å². The molecule has 7 heteroatoms. The van der Waals surface area contributed by atoms with Crippen LogP contribution in [-0.4, -0.2) is 36.4 Å². The van der Waals surface area contributed by atoms with Gasteiger partial charge in [0.2, 0.25) is 5.95 Å². The molecule has 2 aromatic carbocycles. The molecule has 1 aromatic heterocycles. The van der Waals surface area contributed by atoms with Gasteiger partial charge in [-0.2, -0.15) is 0 Å². The maximum Gasteiger partial charge on any atom is 0.326 e. The van der Waals surface area contributed by atoms with Crippen molar-refractivity contribution in [1.82, 2.24) is 9.55 Å². The highest BCUT2D eigenvalue weighted by Crippen LogP contribution is 2.26. The number of aromatic nitrogens is 2. The lowest BCUT2D eigenvalue weighted by Crippen LogP contribution is -2.22. The molecular weight excluding hydrogens is 344 g/mol. The van der Waals surface area contributed by atoms with Gasteiger partial charge in [0.25, 0.3) is 0 Å². The molecule has 0 radical (unpaired) electrons. The number of nitrogens with one attached hydrogen (secondary N) is 2. The number of urea groups is 1. The van der Waals surface area contributed by atoms with E-state index >= 15 is 0 Å². The summed E-state index contributed by atoms with van der Waals surface area (Å²) < 4.78 is 12.4. The smallest absolute Gasteiger partial charge is 0.326 e. The molecule has 2 amide bonds. The number of hydrogen-bond donors (Lipinski definition) is 2. The third-order valence-corrected chi connectivity index (χ3v) is 4.00. The molecular formula is C20H22N4O3. The monoisotopic (exact) mass is 366 g/mol. The number of carbonyl (C=O) groups is 1. The van der Waals surface area contributed by atoms with Crippen molar-refractivity contribution in [2.75, 3.05) is 31.5 Å². The number of para-hydroxylation sites is 1. The maximum absolute atomic E-state index is 12.3. The Balaban J connectivity index is 1.84. The molecule has 0 unspecified atom stereocenters. The number of hydrogen-bond acceptors (Lipinski definition) is 4. The van der Waals surface area contributed by atoms with Gasteiger partial charge < -0.3 is 19.4 Å². The fraction of sp³-hybridized carbons (Fsp3) is 0.200. The van der Waals surface area contributed by atoms with Crippen molar-refractivity contribution in [1.29, 1.82) is 0 Å². The van der Waals surface area contributed by atoms with Crippen LogP contribution in [0.5, 0.6) is 5.75 Å². The first kappa shape index (κ1) is 18.5. The van der Waals surface area contributed by atoms with Crippen molar-refractivity contribution in [2.24, 2.45) is 0 Å². The van der Waals surface area contributed by atoms with Crippen LogP contribution in [0.15, 0.2) is 60.8 Å². The van der Waals surface area contributed by atoms with Crippen molar-refractivity contribution >= 4 is 17.7 Å². The summed E-state index contributed by atoms with van der Waals surface area (Å²) in [6, 6.07) is 16.6. The Morgan fingerprint density at radius 1 is 1.07 bits per heavy atom. The number of ether oxygens (including phenoxy) is 2. The number of benzene rings is 2. The number of anilines is 2. The first-order chi connectivity index (χ1) is 13.2. The van der Waals surface area contributed by atoms with Gasteiger partial charge in [0.1, 0.15) is 5.75 Å².